The van der Waals surface area contributed by atoms with Gasteiger partial charge < -0.3 is 9.84 Å². The van der Waals surface area contributed by atoms with E-state index in [-0.39, 0.29) is 5.91 Å². The molecule has 5 aromatic rings. The number of hydrogen-bond donors (Lipinski definition) is 1. The molecule has 0 spiro atoms. The minimum Gasteiger partial charge on any atom is -0.355 e. The Hall–Kier alpha value is -4.45. The van der Waals surface area contributed by atoms with E-state index in [1.54, 1.807) is 6.20 Å². The van der Waals surface area contributed by atoms with Crippen molar-refractivity contribution in [3.05, 3.63) is 107 Å². The zero-order valence-electron chi connectivity index (χ0n) is 20.1. The minimum atomic E-state index is -0.165. The molecule has 0 unspecified atom stereocenters. The first kappa shape index (κ1) is 22.0. The molecule has 0 saturated heterocycles. The summed E-state index contributed by atoms with van der Waals surface area (Å²) in [5.41, 5.74) is 8.65. The van der Waals surface area contributed by atoms with Crippen LogP contribution in [0.2, 0.25) is 0 Å². The second-order valence-corrected chi connectivity index (χ2v) is 9.03. The van der Waals surface area contributed by atoms with E-state index in [2.05, 4.69) is 40.7 Å². The lowest BCUT2D eigenvalue weighted by atomic mass is 9.88. The van der Waals surface area contributed by atoms with Gasteiger partial charge in [-0.1, -0.05) is 61.0 Å². The number of anilines is 1. The van der Waals surface area contributed by atoms with E-state index in [4.69, 9.17) is 4.52 Å². The zero-order valence-corrected chi connectivity index (χ0v) is 20.1. The van der Waals surface area contributed by atoms with Gasteiger partial charge in [-0.3, -0.25) is 4.79 Å². The van der Waals surface area contributed by atoms with E-state index < -0.39 is 0 Å². The van der Waals surface area contributed by atoms with Gasteiger partial charge in [0.15, 0.2) is 5.76 Å². The summed E-state index contributed by atoms with van der Waals surface area (Å²) < 4.78 is 7.64. The van der Waals surface area contributed by atoms with E-state index in [0.29, 0.717) is 5.56 Å². The summed E-state index contributed by atoms with van der Waals surface area (Å²) in [5.74, 6) is 0.633. The molecule has 0 aliphatic heterocycles. The third-order valence-corrected chi connectivity index (χ3v) is 6.71. The maximum Gasteiger partial charge on any atom is 0.259 e. The lowest BCUT2D eigenvalue weighted by Gasteiger charge is -2.14. The SMILES string of the molecule is CCCc1c(C(=O)Nc2ccc(-c3onc4c3CCc3ccccc3-4)cc2)cnn1-c1ccccc1. The Balaban J connectivity index is 1.24. The predicted molar refractivity (Wildman–Crippen MR) is 140 cm³/mol. The Bertz CT molecular complexity index is 1530. The number of carbonyl (C=O) groups is 1. The maximum atomic E-state index is 13.2. The molecule has 0 saturated carbocycles. The molecule has 6 nitrogen and oxygen atoms in total. The van der Waals surface area contributed by atoms with Crippen LogP contribution in [-0.4, -0.2) is 20.8 Å². The number of nitrogens with one attached hydrogen (secondary N) is 1. The van der Waals surface area contributed by atoms with Gasteiger partial charge >= 0.3 is 0 Å². The lowest BCUT2D eigenvalue weighted by molar-refractivity contribution is 0.102. The van der Waals surface area contributed by atoms with Crippen molar-refractivity contribution in [2.75, 3.05) is 5.32 Å². The fraction of sp³-hybridized carbons (Fsp3) is 0.167. The Kier molecular flexibility index (Phi) is 5.70. The third-order valence-electron chi connectivity index (χ3n) is 6.71. The summed E-state index contributed by atoms with van der Waals surface area (Å²) in [6, 6.07) is 26.0. The minimum absolute atomic E-state index is 0.165. The van der Waals surface area contributed by atoms with Gasteiger partial charge in [-0.15, -0.1) is 0 Å². The monoisotopic (exact) mass is 474 g/mol. The summed E-state index contributed by atoms with van der Waals surface area (Å²) in [6.07, 6.45) is 5.20. The molecule has 2 heterocycles. The number of carbonyl (C=O) groups excluding carboxylic acids is 1. The highest BCUT2D eigenvalue weighted by Crippen LogP contribution is 2.38. The van der Waals surface area contributed by atoms with Gasteiger partial charge in [0, 0.05) is 22.4 Å². The molecule has 0 bridgehead atoms. The highest BCUT2D eigenvalue weighted by molar-refractivity contribution is 6.05. The van der Waals surface area contributed by atoms with Crippen LogP contribution >= 0.6 is 0 Å². The molecule has 2 aromatic heterocycles. The standard InChI is InChI=1S/C30H26N4O2/c1-2-8-27-26(19-31-34(27)23-10-4-3-5-11-23)30(35)32-22-16-13-21(14-17-22)29-25-18-15-20-9-6-7-12-24(20)28(25)33-36-29/h3-7,9-14,16-17,19H,2,8,15,18H2,1H3,(H,32,35). The van der Waals surface area contributed by atoms with Crippen molar-refractivity contribution < 1.29 is 9.32 Å². The summed E-state index contributed by atoms with van der Waals surface area (Å²) in [4.78, 5) is 13.2. The fourth-order valence-electron chi connectivity index (χ4n) is 4.94. The maximum absolute atomic E-state index is 13.2. The molecule has 1 aliphatic rings. The molecule has 178 valence electrons. The van der Waals surface area contributed by atoms with Gasteiger partial charge in [0.25, 0.3) is 5.91 Å². The average Bonchev–Trinajstić information content (AvgIpc) is 3.55. The van der Waals surface area contributed by atoms with E-state index in [1.807, 2.05) is 65.3 Å². The second-order valence-electron chi connectivity index (χ2n) is 9.03. The summed E-state index contributed by atoms with van der Waals surface area (Å²) >= 11 is 0. The van der Waals surface area contributed by atoms with Gasteiger partial charge in [0.2, 0.25) is 0 Å². The number of aryl methyl sites for hydroxylation is 1. The topological polar surface area (TPSA) is 73.0 Å². The number of benzene rings is 3. The molecule has 0 radical (unpaired) electrons. The van der Waals surface area contributed by atoms with Crippen LogP contribution in [0.1, 0.15) is 40.5 Å². The Morgan fingerprint density at radius 2 is 1.75 bits per heavy atom. The molecule has 1 aliphatic carbocycles. The van der Waals surface area contributed by atoms with Crippen molar-refractivity contribution >= 4 is 11.6 Å². The van der Waals surface area contributed by atoms with E-state index in [0.717, 1.165) is 70.9 Å². The Morgan fingerprint density at radius 1 is 0.972 bits per heavy atom. The molecular formula is C30H26N4O2. The Morgan fingerprint density at radius 3 is 2.56 bits per heavy atom. The van der Waals surface area contributed by atoms with Crippen LogP contribution in [0.3, 0.4) is 0 Å². The first-order valence-electron chi connectivity index (χ1n) is 12.3. The number of hydrogen-bond acceptors (Lipinski definition) is 4. The Labute approximate surface area is 209 Å². The van der Waals surface area contributed by atoms with Crippen molar-refractivity contribution in [3.63, 3.8) is 0 Å². The van der Waals surface area contributed by atoms with Gasteiger partial charge in [-0.2, -0.15) is 5.10 Å². The number of para-hydroxylation sites is 1. The zero-order chi connectivity index (χ0) is 24.5. The molecule has 0 atom stereocenters. The van der Waals surface area contributed by atoms with Crippen LogP contribution in [0.4, 0.5) is 5.69 Å². The average molecular weight is 475 g/mol. The number of fused-ring (bicyclic) bond motifs is 3. The number of amides is 1. The van der Waals surface area contributed by atoms with Crippen LogP contribution in [0.15, 0.2) is 89.6 Å². The van der Waals surface area contributed by atoms with E-state index in [9.17, 15) is 4.79 Å². The van der Waals surface area contributed by atoms with Crippen molar-refractivity contribution in [2.45, 2.75) is 32.6 Å². The molecule has 1 N–H and O–H groups in total. The highest BCUT2D eigenvalue weighted by atomic mass is 16.5. The first-order valence-corrected chi connectivity index (χ1v) is 12.3. The first-order chi connectivity index (χ1) is 17.7. The van der Waals surface area contributed by atoms with Crippen LogP contribution in [0, 0.1) is 0 Å². The fourth-order valence-corrected chi connectivity index (χ4v) is 4.94. The van der Waals surface area contributed by atoms with Gasteiger partial charge in [-0.25, -0.2) is 4.68 Å². The number of nitrogens with zero attached hydrogens (tertiary/aromatic N) is 3. The van der Waals surface area contributed by atoms with Crippen molar-refractivity contribution in [3.8, 4) is 28.3 Å². The number of rotatable bonds is 6. The molecule has 6 heteroatoms. The van der Waals surface area contributed by atoms with Gasteiger partial charge in [-0.05, 0) is 61.2 Å². The predicted octanol–water partition coefficient (Wildman–Crippen LogP) is 6.50. The molecule has 6 rings (SSSR count). The van der Waals surface area contributed by atoms with Crippen LogP contribution in [0.25, 0.3) is 28.3 Å². The lowest BCUT2D eigenvalue weighted by Crippen LogP contribution is -2.14. The summed E-state index contributed by atoms with van der Waals surface area (Å²) in [7, 11) is 0. The molecule has 36 heavy (non-hydrogen) atoms. The smallest absolute Gasteiger partial charge is 0.259 e. The molecule has 0 fully saturated rings. The molecular weight excluding hydrogens is 448 g/mol. The van der Waals surface area contributed by atoms with Gasteiger partial charge in [0.05, 0.1) is 23.1 Å². The van der Waals surface area contributed by atoms with Crippen LogP contribution in [-0.2, 0) is 19.3 Å². The van der Waals surface area contributed by atoms with Crippen LogP contribution < -0.4 is 5.32 Å². The second kappa shape index (κ2) is 9.30. The van der Waals surface area contributed by atoms with Crippen LogP contribution in [0.5, 0.6) is 0 Å². The molecule has 3 aromatic carbocycles. The highest BCUT2D eigenvalue weighted by Gasteiger charge is 2.24. The normalized spacial score (nSPS) is 12.1. The summed E-state index contributed by atoms with van der Waals surface area (Å²) in [5, 5.41) is 11.9. The third kappa shape index (κ3) is 3.90. The largest absolute Gasteiger partial charge is 0.355 e. The van der Waals surface area contributed by atoms with Crippen molar-refractivity contribution in [1.82, 2.24) is 14.9 Å². The van der Waals surface area contributed by atoms with E-state index in [1.165, 1.54) is 5.56 Å². The summed E-state index contributed by atoms with van der Waals surface area (Å²) in [6.45, 7) is 2.10. The van der Waals surface area contributed by atoms with Gasteiger partial charge in [0.1, 0.15) is 5.69 Å². The quantitative estimate of drug-likeness (QED) is 0.305. The molecule has 1 amide bonds. The van der Waals surface area contributed by atoms with Crippen molar-refractivity contribution in [2.24, 2.45) is 0 Å². The van der Waals surface area contributed by atoms with Crippen molar-refractivity contribution in [1.29, 1.82) is 0 Å². The van der Waals surface area contributed by atoms with E-state index >= 15 is 0 Å². The number of aromatic nitrogens is 3.